The van der Waals surface area contributed by atoms with Crippen molar-refractivity contribution in [3.8, 4) is 0 Å². The van der Waals surface area contributed by atoms with Gasteiger partial charge in [0.05, 0.1) is 10.0 Å². The predicted octanol–water partition coefficient (Wildman–Crippen LogP) is 4.28. The normalized spacial score (nSPS) is 18.6. The van der Waals surface area contributed by atoms with Gasteiger partial charge >= 0.3 is 0 Å². The van der Waals surface area contributed by atoms with Crippen molar-refractivity contribution in [2.24, 2.45) is 0 Å². The third-order valence-electron chi connectivity index (χ3n) is 4.59. The summed E-state index contributed by atoms with van der Waals surface area (Å²) in [6.45, 7) is 1.56. The zero-order valence-electron chi connectivity index (χ0n) is 13.9. The van der Waals surface area contributed by atoms with Crippen LogP contribution < -0.4 is 4.90 Å². The minimum absolute atomic E-state index is 0.0160. The van der Waals surface area contributed by atoms with E-state index in [1.54, 1.807) is 25.2 Å². The maximum Gasteiger partial charge on any atom is 0.246 e. The van der Waals surface area contributed by atoms with E-state index in [1.165, 1.54) is 4.31 Å². The van der Waals surface area contributed by atoms with E-state index in [9.17, 15) is 8.42 Å². The van der Waals surface area contributed by atoms with Crippen LogP contribution in [-0.4, -0.2) is 38.9 Å². The third kappa shape index (κ3) is 3.80. The molecule has 0 aromatic heterocycles. The summed E-state index contributed by atoms with van der Waals surface area (Å²) < 4.78 is 27.5. The van der Waals surface area contributed by atoms with Gasteiger partial charge in [0.25, 0.3) is 0 Å². The highest BCUT2D eigenvalue weighted by molar-refractivity contribution is 7.89. The summed E-state index contributed by atoms with van der Waals surface area (Å²) in [6.07, 6.45) is 1.73. The largest absolute Gasteiger partial charge is 0.370 e. The maximum atomic E-state index is 13.1. The average Bonchev–Trinajstić information content (AvgIpc) is 2.61. The van der Waals surface area contributed by atoms with E-state index in [0.717, 1.165) is 25.1 Å². The second kappa shape index (κ2) is 7.54. The van der Waals surface area contributed by atoms with Gasteiger partial charge in [0.2, 0.25) is 10.0 Å². The maximum absolute atomic E-state index is 13.1. The molecular formula is C18H20Cl2N2O2S. The van der Waals surface area contributed by atoms with Crippen molar-refractivity contribution >= 4 is 38.9 Å². The Hall–Kier alpha value is -1.27. The summed E-state index contributed by atoms with van der Waals surface area (Å²) in [5.74, 6) is 0. The summed E-state index contributed by atoms with van der Waals surface area (Å²) >= 11 is 12.2. The molecule has 25 heavy (non-hydrogen) atoms. The first-order valence-corrected chi connectivity index (χ1v) is 10.3. The molecule has 0 N–H and O–H groups in total. The summed E-state index contributed by atoms with van der Waals surface area (Å²) in [7, 11) is -2.16. The number of hydrogen-bond acceptors (Lipinski definition) is 3. The lowest BCUT2D eigenvalue weighted by Gasteiger charge is -2.38. The summed E-state index contributed by atoms with van der Waals surface area (Å²) in [5, 5.41) is 0.296. The van der Waals surface area contributed by atoms with Crippen molar-refractivity contribution in [3.05, 3.63) is 58.6 Å². The standard InChI is InChI=1S/C18H20Cl2N2O2S/c1-21(25(23,24)18-16(19)10-5-11-17(18)20)15-9-6-12-22(13-15)14-7-3-2-4-8-14/h2-5,7-8,10-11,15H,6,9,12-13H2,1H3. The van der Waals surface area contributed by atoms with E-state index < -0.39 is 10.0 Å². The molecule has 4 nitrogen and oxygen atoms in total. The number of likely N-dealkylation sites (N-methyl/N-ethyl adjacent to an activating group) is 1. The number of sulfonamides is 1. The second-order valence-corrected chi connectivity index (χ2v) is 8.90. The van der Waals surface area contributed by atoms with Crippen molar-refractivity contribution in [2.45, 2.75) is 23.8 Å². The van der Waals surface area contributed by atoms with Crippen LogP contribution in [0.4, 0.5) is 5.69 Å². The fraction of sp³-hybridized carbons (Fsp3) is 0.333. The van der Waals surface area contributed by atoms with Gasteiger partial charge in [-0.25, -0.2) is 8.42 Å². The molecule has 0 radical (unpaired) electrons. The molecule has 0 bridgehead atoms. The van der Waals surface area contributed by atoms with Crippen LogP contribution in [-0.2, 0) is 10.0 Å². The SMILES string of the molecule is CN(C1CCCN(c2ccccc2)C1)S(=O)(=O)c1c(Cl)cccc1Cl. The lowest BCUT2D eigenvalue weighted by molar-refractivity contribution is 0.320. The second-order valence-electron chi connectivity index (χ2n) is 6.15. The Morgan fingerprint density at radius 1 is 1.04 bits per heavy atom. The van der Waals surface area contributed by atoms with E-state index in [-0.39, 0.29) is 21.0 Å². The number of benzene rings is 2. The van der Waals surface area contributed by atoms with Crippen LogP contribution in [0.2, 0.25) is 10.0 Å². The van der Waals surface area contributed by atoms with Gasteiger partial charge in [-0.15, -0.1) is 0 Å². The Morgan fingerprint density at radius 3 is 2.32 bits per heavy atom. The number of para-hydroxylation sites is 1. The monoisotopic (exact) mass is 398 g/mol. The third-order valence-corrected chi connectivity index (χ3v) is 7.45. The van der Waals surface area contributed by atoms with Crippen LogP contribution in [0.5, 0.6) is 0 Å². The molecule has 1 aliphatic heterocycles. The van der Waals surface area contributed by atoms with Crippen molar-refractivity contribution in [2.75, 3.05) is 25.0 Å². The van der Waals surface area contributed by atoms with Crippen molar-refractivity contribution in [1.29, 1.82) is 0 Å². The average molecular weight is 399 g/mol. The highest BCUT2D eigenvalue weighted by atomic mass is 35.5. The number of piperidine rings is 1. The minimum atomic E-state index is -3.76. The summed E-state index contributed by atoms with van der Waals surface area (Å²) in [6, 6.07) is 14.6. The van der Waals surface area contributed by atoms with E-state index in [2.05, 4.69) is 4.90 Å². The molecule has 1 unspecified atom stereocenters. The van der Waals surface area contributed by atoms with E-state index in [1.807, 2.05) is 30.3 Å². The van der Waals surface area contributed by atoms with Gasteiger partial charge in [0.15, 0.2) is 0 Å². The highest BCUT2D eigenvalue weighted by Crippen LogP contribution is 2.33. The van der Waals surface area contributed by atoms with E-state index in [0.29, 0.717) is 6.54 Å². The first-order valence-electron chi connectivity index (χ1n) is 8.13. The lowest BCUT2D eigenvalue weighted by atomic mass is 10.1. The van der Waals surface area contributed by atoms with Crippen LogP contribution in [0.3, 0.4) is 0 Å². The summed E-state index contributed by atoms with van der Waals surface area (Å²) in [4.78, 5) is 2.20. The number of rotatable bonds is 4. The molecule has 0 saturated carbocycles. The minimum Gasteiger partial charge on any atom is -0.370 e. The van der Waals surface area contributed by atoms with E-state index >= 15 is 0 Å². The fourth-order valence-electron chi connectivity index (χ4n) is 3.19. The van der Waals surface area contributed by atoms with Crippen molar-refractivity contribution in [3.63, 3.8) is 0 Å². The first-order chi connectivity index (χ1) is 11.9. The van der Waals surface area contributed by atoms with Gasteiger partial charge < -0.3 is 4.90 Å². The first kappa shape index (κ1) is 18.5. The Morgan fingerprint density at radius 2 is 1.68 bits per heavy atom. The van der Waals surface area contributed by atoms with Crippen molar-refractivity contribution < 1.29 is 8.42 Å². The van der Waals surface area contributed by atoms with Crippen LogP contribution >= 0.6 is 23.2 Å². The Balaban J connectivity index is 1.86. The molecule has 2 aromatic rings. The van der Waals surface area contributed by atoms with Crippen molar-refractivity contribution in [1.82, 2.24) is 4.31 Å². The molecule has 1 fully saturated rings. The molecule has 1 aliphatic rings. The molecule has 0 aliphatic carbocycles. The van der Waals surface area contributed by atoms with Gasteiger partial charge in [-0.1, -0.05) is 47.5 Å². The molecule has 134 valence electrons. The van der Waals surface area contributed by atoms with Gasteiger partial charge in [-0.05, 0) is 37.1 Å². The van der Waals surface area contributed by atoms with Crippen LogP contribution in [0.25, 0.3) is 0 Å². The van der Waals surface area contributed by atoms with Gasteiger partial charge in [0, 0.05) is 31.9 Å². The molecule has 1 saturated heterocycles. The molecule has 2 aromatic carbocycles. The topological polar surface area (TPSA) is 40.6 Å². The van der Waals surface area contributed by atoms with Gasteiger partial charge in [0.1, 0.15) is 4.90 Å². The zero-order valence-corrected chi connectivity index (χ0v) is 16.2. The number of nitrogens with zero attached hydrogens (tertiary/aromatic N) is 2. The smallest absolute Gasteiger partial charge is 0.246 e. The zero-order chi connectivity index (χ0) is 18.0. The van der Waals surface area contributed by atoms with Crippen LogP contribution in [0.1, 0.15) is 12.8 Å². The molecule has 3 rings (SSSR count). The quantitative estimate of drug-likeness (QED) is 0.771. The molecule has 7 heteroatoms. The molecule has 1 atom stereocenters. The predicted molar refractivity (Wildman–Crippen MR) is 103 cm³/mol. The number of halogens is 2. The number of anilines is 1. The molecule has 1 heterocycles. The van der Waals surface area contributed by atoms with Gasteiger partial charge in [-0.3, -0.25) is 0 Å². The van der Waals surface area contributed by atoms with Crippen LogP contribution in [0.15, 0.2) is 53.4 Å². The van der Waals surface area contributed by atoms with E-state index in [4.69, 9.17) is 23.2 Å². The van der Waals surface area contributed by atoms with Crippen LogP contribution in [0, 0.1) is 0 Å². The molecule has 0 amide bonds. The Labute approximate surface area is 159 Å². The molecular weight excluding hydrogens is 379 g/mol. The van der Waals surface area contributed by atoms with Gasteiger partial charge in [-0.2, -0.15) is 4.31 Å². The number of hydrogen-bond donors (Lipinski definition) is 0. The Bertz CT molecular complexity index is 823. The Kier molecular flexibility index (Phi) is 5.58. The lowest BCUT2D eigenvalue weighted by Crippen LogP contribution is -2.48. The fourth-order valence-corrected chi connectivity index (χ4v) is 5.66. The highest BCUT2D eigenvalue weighted by Gasteiger charge is 2.34. The molecule has 0 spiro atoms. The summed E-state index contributed by atoms with van der Waals surface area (Å²) in [5.41, 5.74) is 1.11.